The molecule has 13 heavy (non-hydrogen) atoms. The van der Waals surface area contributed by atoms with Gasteiger partial charge in [0.15, 0.2) is 0 Å². The second-order valence-corrected chi connectivity index (χ2v) is 2.80. The molecule has 0 aliphatic rings. The Hall–Kier alpha value is -1.24. The Kier molecular flexibility index (Phi) is 3.56. The Morgan fingerprint density at radius 2 is 2.23 bits per heavy atom. The standard InChI is InChI=1S/C9H10ClN3/c10-9-5-4-7(12)8(13-9)3-1-2-6-11/h4-5H,2,6,11-12H2. The molecule has 68 valence electrons. The molecular formula is C9H10ClN3. The fraction of sp³-hybridized carbons (Fsp3) is 0.222. The van der Waals surface area contributed by atoms with Crippen molar-refractivity contribution in [3.63, 3.8) is 0 Å². The predicted molar refractivity (Wildman–Crippen MR) is 54.2 cm³/mol. The van der Waals surface area contributed by atoms with E-state index in [1.165, 1.54) is 0 Å². The zero-order valence-corrected chi connectivity index (χ0v) is 7.80. The van der Waals surface area contributed by atoms with Crippen molar-refractivity contribution in [2.75, 3.05) is 12.3 Å². The van der Waals surface area contributed by atoms with Gasteiger partial charge in [-0.25, -0.2) is 4.98 Å². The molecule has 0 amide bonds. The van der Waals surface area contributed by atoms with Crippen molar-refractivity contribution in [2.24, 2.45) is 5.73 Å². The molecule has 0 bridgehead atoms. The summed E-state index contributed by atoms with van der Waals surface area (Å²) >= 11 is 5.67. The largest absolute Gasteiger partial charge is 0.396 e. The van der Waals surface area contributed by atoms with Crippen molar-refractivity contribution < 1.29 is 0 Å². The fourth-order valence-electron chi connectivity index (χ4n) is 0.765. The number of rotatable bonds is 1. The van der Waals surface area contributed by atoms with Gasteiger partial charge in [0.1, 0.15) is 10.8 Å². The van der Waals surface area contributed by atoms with E-state index in [0.29, 0.717) is 29.5 Å². The fourth-order valence-corrected chi connectivity index (χ4v) is 0.912. The molecule has 0 fully saturated rings. The van der Waals surface area contributed by atoms with Crippen LogP contribution in [0.5, 0.6) is 0 Å². The molecule has 0 unspecified atom stereocenters. The van der Waals surface area contributed by atoms with Gasteiger partial charge in [-0.05, 0) is 18.1 Å². The summed E-state index contributed by atoms with van der Waals surface area (Å²) in [6.45, 7) is 0.535. The number of aromatic nitrogens is 1. The maximum atomic E-state index is 5.67. The molecule has 4 heteroatoms. The zero-order chi connectivity index (χ0) is 9.68. The minimum absolute atomic E-state index is 0.395. The number of halogens is 1. The van der Waals surface area contributed by atoms with Crippen LogP contribution in [0.25, 0.3) is 0 Å². The minimum atomic E-state index is 0.395. The number of hydrogen-bond acceptors (Lipinski definition) is 3. The third kappa shape index (κ3) is 2.94. The third-order valence-corrected chi connectivity index (χ3v) is 1.58. The highest BCUT2D eigenvalue weighted by atomic mass is 35.5. The van der Waals surface area contributed by atoms with Gasteiger partial charge in [-0.15, -0.1) is 0 Å². The van der Waals surface area contributed by atoms with Gasteiger partial charge in [0.2, 0.25) is 0 Å². The Morgan fingerprint density at radius 1 is 1.46 bits per heavy atom. The maximum Gasteiger partial charge on any atom is 0.137 e. The first kappa shape index (κ1) is 9.85. The van der Waals surface area contributed by atoms with Gasteiger partial charge in [0.25, 0.3) is 0 Å². The van der Waals surface area contributed by atoms with Crippen LogP contribution in [0.1, 0.15) is 12.1 Å². The van der Waals surface area contributed by atoms with E-state index in [2.05, 4.69) is 16.8 Å². The van der Waals surface area contributed by atoms with E-state index in [9.17, 15) is 0 Å². The summed E-state index contributed by atoms with van der Waals surface area (Å²) < 4.78 is 0. The van der Waals surface area contributed by atoms with Gasteiger partial charge in [-0.2, -0.15) is 0 Å². The van der Waals surface area contributed by atoms with Gasteiger partial charge in [-0.3, -0.25) is 0 Å². The SMILES string of the molecule is NCCC#Cc1nc(Cl)ccc1N. The highest BCUT2D eigenvalue weighted by Gasteiger charge is 1.96. The van der Waals surface area contributed by atoms with Crippen molar-refractivity contribution in [1.82, 2.24) is 4.98 Å². The molecule has 1 rings (SSSR count). The molecule has 1 aromatic heterocycles. The molecule has 4 N–H and O–H groups in total. The molecule has 3 nitrogen and oxygen atoms in total. The highest BCUT2D eigenvalue weighted by Crippen LogP contribution is 2.11. The van der Waals surface area contributed by atoms with Crippen molar-refractivity contribution in [2.45, 2.75) is 6.42 Å². The summed E-state index contributed by atoms with van der Waals surface area (Å²) in [7, 11) is 0. The number of hydrogen-bond donors (Lipinski definition) is 2. The Morgan fingerprint density at radius 3 is 2.92 bits per heavy atom. The molecular weight excluding hydrogens is 186 g/mol. The van der Waals surface area contributed by atoms with Crippen LogP contribution < -0.4 is 11.5 Å². The molecule has 0 spiro atoms. The summed E-state index contributed by atoms with van der Waals surface area (Å²) in [6.07, 6.45) is 0.633. The van der Waals surface area contributed by atoms with Crippen molar-refractivity contribution in [1.29, 1.82) is 0 Å². The normalized spacial score (nSPS) is 9.08. The van der Waals surface area contributed by atoms with Crippen LogP contribution in [0.15, 0.2) is 12.1 Å². The van der Waals surface area contributed by atoms with E-state index >= 15 is 0 Å². The molecule has 0 saturated heterocycles. The number of anilines is 1. The van der Waals surface area contributed by atoms with Crippen LogP contribution in [0.4, 0.5) is 5.69 Å². The molecule has 0 atom stereocenters. The molecule has 0 saturated carbocycles. The summed E-state index contributed by atoms with van der Waals surface area (Å²) in [5.41, 5.74) is 11.9. The van der Waals surface area contributed by atoms with Crippen LogP contribution in [0, 0.1) is 11.8 Å². The quantitative estimate of drug-likeness (QED) is 0.520. The van der Waals surface area contributed by atoms with Crippen molar-refractivity contribution in [3.05, 3.63) is 23.0 Å². The first-order valence-electron chi connectivity index (χ1n) is 3.85. The highest BCUT2D eigenvalue weighted by molar-refractivity contribution is 6.29. The van der Waals surface area contributed by atoms with E-state index in [-0.39, 0.29) is 0 Å². The van der Waals surface area contributed by atoms with Crippen LogP contribution in [-0.4, -0.2) is 11.5 Å². The maximum absolute atomic E-state index is 5.67. The Bertz CT molecular complexity index is 352. The van der Waals surface area contributed by atoms with Crippen molar-refractivity contribution >= 4 is 17.3 Å². The second-order valence-electron chi connectivity index (χ2n) is 2.41. The van der Waals surface area contributed by atoms with Crippen LogP contribution in [0.2, 0.25) is 5.15 Å². The molecule has 0 aliphatic heterocycles. The van der Waals surface area contributed by atoms with Gasteiger partial charge in [0, 0.05) is 13.0 Å². The summed E-state index contributed by atoms with van der Waals surface area (Å²) in [4.78, 5) is 3.97. The van der Waals surface area contributed by atoms with E-state index < -0.39 is 0 Å². The predicted octanol–water partition coefficient (Wildman–Crippen LogP) is 1.02. The second kappa shape index (κ2) is 4.70. The lowest BCUT2D eigenvalue weighted by Gasteiger charge is -1.96. The lowest BCUT2D eigenvalue weighted by Crippen LogP contribution is -1.96. The van der Waals surface area contributed by atoms with E-state index in [1.54, 1.807) is 12.1 Å². The smallest absolute Gasteiger partial charge is 0.137 e. The van der Waals surface area contributed by atoms with Gasteiger partial charge >= 0.3 is 0 Å². The Balaban J connectivity index is 2.89. The number of pyridine rings is 1. The lowest BCUT2D eigenvalue weighted by molar-refractivity contribution is 1.03. The lowest BCUT2D eigenvalue weighted by atomic mass is 10.3. The minimum Gasteiger partial charge on any atom is -0.396 e. The first-order valence-corrected chi connectivity index (χ1v) is 4.23. The zero-order valence-electron chi connectivity index (χ0n) is 7.05. The molecule has 1 heterocycles. The van der Waals surface area contributed by atoms with Crippen LogP contribution >= 0.6 is 11.6 Å². The van der Waals surface area contributed by atoms with Gasteiger partial charge in [-0.1, -0.05) is 17.5 Å². The number of nitrogen functional groups attached to an aromatic ring is 1. The number of nitrogens with two attached hydrogens (primary N) is 2. The first-order chi connectivity index (χ1) is 6.24. The van der Waals surface area contributed by atoms with E-state index in [1.807, 2.05) is 0 Å². The number of nitrogens with zero attached hydrogens (tertiary/aromatic N) is 1. The third-order valence-electron chi connectivity index (χ3n) is 1.37. The molecule has 0 radical (unpaired) electrons. The Labute approximate surface area is 82.1 Å². The molecule has 0 aromatic carbocycles. The topological polar surface area (TPSA) is 64.9 Å². The van der Waals surface area contributed by atoms with E-state index in [4.69, 9.17) is 23.1 Å². The summed E-state index contributed by atoms with van der Waals surface area (Å²) in [6, 6.07) is 3.31. The molecule has 0 aliphatic carbocycles. The average molecular weight is 196 g/mol. The van der Waals surface area contributed by atoms with Crippen molar-refractivity contribution in [3.8, 4) is 11.8 Å². The van der Waals surface area contributed by atoms with Crippen LogP contribution in [0.3, 0.4) is 0 Å². The van der Waals surface area contributed by atoms with Gasteiger partial charge < -0.3 is 11.5 Å². The monoisotopic (exact) mass is 195 g/mol. The summed E-state index contributed by atoms with van der Waals surface area (Å²) in [5, 5.41) is 0.395. The van der Waals surface area contributed by atoms with Crippen LogP contribution in [-0.2, 0) is 0 Å². The average Bonchev–Trinajstić information content (AvgIpc) is 2.11. The molecule has 1 aromatic rings. The summed E-state index contributed by atoms with van der Waals surface area (Å²) in [5.74, 6) is 5.65. The van der Waals surface area contributed by atoms with Gasteiger partial charge in [0.05, 0.1) is 5.69 Å². The van der Waals surface area contributed by atoms with E-state index in [0.717, 1.165) is 0 Å².